The number of hydrogen-bond acceptors (Lipinski definition) is 4. The number of ether oxygens (including phenoxy) is 2. The maximum atomic E-state index is 6.22. The monoisotopic (exact) mass is 287 g/mol. The fraction of sp³-hybridized carbons (Fsp3) is 0.438. The predicted molar refractivity (Wildman–Crippen MR) is 82.3 cm³/mol. The Morgan fingerprint density at radius 1 is 1.29 bits per heavy atom. The summed E-state index contributed by atoms with van der Waals surface area (Å²) >= 11 is 0. The largest absolute Gasteiger partial charge is 0.454 e. The molecule has 0 fully saturated rings. The van der Waals surface area contributed by atoms with Crippen LogP contribution in [0.2, 0.25) is 0 Å². The smallest absolute Gasteiger partial charge is 0.231 e. The summed E-state index contributed by atoms with van der Waals surface area (Å²) in [7, 11) is 1.88. The zero-order valence-corrected chi connectivity index (χ0v) is 12.7. The number of aromatic nitrogens is 2. The topological polar surface area (TPSA) is 62.3 Å². The van der Waals surface area contributed by atoms with E-state index in [1.807, 2.05) is 25.2 Å². The lowest BCUT2D eigenvalue weighted by Gasteiger charge is -2.07. The van der Waals surface area contributed by atoms with Gasteiger partial charge in [0.2, 0.25) is 6.79 Å². The van der Waals surface area contributed by atoms with E-state index in [2.05, 4.69) is 18.9 Å². The zero-order chi connectivity index (χ0) is 15.0. The van der Waals surface area contributed by atoms with Crippen molar-refractivity contribution >= 4 is 5.82 Å². The summed E-state index contributed by atoms with van der Waals surface area (Å²) in [6, 6.07) is 5.92. The highest BCUT2D eigenvalue weighted by Crippen LogP contribution is 2.38. The van der Waals surface area contributed by atoms with Crippen LogP contribution < -0.4 is 15.2 Å². The molecule has 0 amide bonds. The van der Waals surface area contributed by atoms with Crippen LogP contribution in [0.25, 0.3) is 11.1 Å². The number of anilines is 1. The van der Waals surface area contributed by atoms with Gasteiger partial charge in [0.25, 0.3) is 0 Å². The van der Waals surface area contributed by atoms with E-state index in [0.717, 1.165) is 41.2 Å². The Balaban J connectivity index is 2.00. The molecule has 21 heavy (non-hydrogen) atoms. The lowest BCUT2D eigenvalue weighted by atomic mass is 9.99. The molecule has 2 aromatic rings. The van der Waals surface area contributed by atoms with Crippen molar-refractivity contribution in [2.75, 3.05) is 12.5 Å². The van der Waals surface area contributed by atoms with E-state index >= 15 is 0 Å². The normalized spacial score (nSPS) is 13.1. The van der Waals surface area contributed by atoms with Crippen molar-refractivity contribution in [1.82, 2.24) is 9.78 Å². The summed E-state index contributed by atoms with van der Waals surface area (Å²) in [4.78, 5) is 0. The van der Waals surface area contributed by atoms with Gasteiger partial charge in [0.1, 0.15) is 5.82 Å². The molecule has 0 saturated heterocycles. The van der Waals surface area contributed by atoms with Gasteiger partial charge in [-0.15, -0.1) is 0 Å². The summed E-state index contributed by atoms with van der Waals surface area (Å²) < 4.78 is 12.6. The average Bonchev–Trinajstić information content (AvgIpc) is 3.01. The first kappa shape index (κ1) is 13.8. The molecule has 1 aliphatic heterocycles. The van der Waals surface area contributed by atoms with E-state index in [1.54, 1.807) is 4.68 Å². The van der Waals surface area contributed by atoms with Gasteiger partial charge in [0, 0.05) is 12.6 Å². The first-order chi connectivity index (χ1) is 10.1. The van der Waals surface area contributed by atoms with E-state index in [9.17, 15) is 0 Å². The van der Waals surface area contributed by atoms with Crippen molar-refractivity contribution in [1.29, 1.82) is 0 Å². The van der Waals surface area contributed by atoms with Crippen LogP contribution in [0.4, 0.5) is 5.82 Å². The van der Waals surface area contributed by atoms with Gasteiger partial charge in [-0.2, -0.15) is 5.10 Å². The number of nitrogen functional groups attached to an aromatic ring is 1. The van der Waals surface area contributed by atoms with Gasteiger partial charge in [-0.05, 0) is 36.5 Å². The van der Waals surface area contributed by atoms with Gasteiger partial charge in [0.05, 0.1) is 5.69 Å². The van der Waals surface area contributed by atoms with Crippen molar-refractivity contribution < 1.29 is 9.47 Å². The highest BCUT2D eigenvalue weighted by Gasteiger charge is 2.19. The third kappa shape index (κ3) is 2.55. The van der Waals surface area contributed by atoms with Gasteiger partial charge in [-0.3, -0.25) is 4.68 Å². The van der Waals surface area contributed by atoms with Crippen LogP contribution in [-0.2, 0) is 13.5 Å². The first-order valence-corrected chi connectivity index (χ1v) is 7.27. The molecule has 5 heteroatoms. The predicted octanol–water partition coefficient (Wildman–Crippen LogP) is 2.99. The second-order valence-corrected chi connectivity index (χ2v) is 5.83. The fourth-order valence-electron chi connectivity index (χ4n) is 2.56. The quantitative estimate of drug-likeness (QED) is 0.939. The summed E-state index contributed by atoms with van der Waals surface area (Å²) in [5.41, 5.74) is 9.30. The molecule has 0 atom stereocenters. The molecule has 5 nitrogen and oxygen atoms in total. The molecule has 0 aliphatic carbocycles. The molecule has 2 N–H and O–H groups in total. The van der Waals surface area contributed by atoms with Crippen molar-refractivity contribution in [2.45, 2.75) is 26.7 Å². The van der Waals surface area contributed by atoms with Crippen LogP contribution in [0.15, 0.2) is 18.2 Å². The lowest BCUT2D eigenvalue weighted by molar-refractivity contribution is 0.174. The molecule has 1 aromatic carbocycles. The van der Waals surface area contributed by atoms with Crippen LogP contribution in [0.5, 0.6) is 11.5 Å². The number of nitrogens with zero attached hydrogens (tertiary/aromatic N) is 2. The summed E-state index contributed by atoms with van der Waals surface area (Å²) in [6.45, 7) is 4.71. The number of benzene rings is 1. The third-order valence-corrected chi connectivity index (χ3v) is 3.78. The van der Waals surface area contributed by atoms with Crippen molar-refractivity contribution in [2.24, 2.45) is 13.0 Å². The maximum Gasteiger partial charge on any atom is 0.231 e. The third-order valence-electron chi connectivity index (χ3n) is 3.78. The van der Waals surface area contributed by atoms with Crippen LogP contribution in [0.1, 0.15) is 26.0 Å². The molecule has 0 spiro atoms. The molecule has 3 rings (SSSR count). The van der Waals surface area contributed by atoms with E-state index in [4.69, 9.17) is 15.2 Å². The van der Waals surface area contributed by atoms with Crippen molar-refractivity contribution in [3.63, 3.8) is 0 Å². The lowest BCUT2D eigenvalue weighted by Crippen LogP contribution is -1.98. The van der Waals surface area contributed by atoms with Crippen molar-refractivity contribution in [3.05, 3.63) is 23.9 Å². The molecular formula is C16H21N3O2. The van der Waals surface area contributed by atoms with Gasteiger partial charge in [-0.1, -0.05) is 19.9 Å². The number of aryl methyl sites for hydroxylation is 2. The SMILES string of the molecule is CC(C)CCc1nn(C)c(N)c1-c1ccc2c(c1)OCO2. The van der Waals surface area contributed by atoms with Crippen LogP contribution in [-0.4, -0.2) is 16.6 Å². The Morgan fingerprint density at radius 3 is 2.81 bits per heavy atom. The van der Waals surface area contributed by atoms with Gasteiger partial charge in [0.15, 0.2) is 11.5 Å². The molecule has 112 valence electrons. The molecule has 1 aromatic heterocycles. The standard InChI is InChI=1S/C16H21N3O2/c1-10(2)4-6-12-15(16(17)19(3)18-12)11-5-7-13-14(8-11)21-9-20-13/h5,7-8,10H,4,6,9,17H2,1-3H3. The van der Waals surface area contributed by atoms with Crippen LogP contribution in [0.3, 0.4) is 0 Å². The van der Waals surface area contributed by atoms with E-state index in [-0.39, 0.29) is 6.79 Å². The average molecular weight is 287 g/mol. The van der Waals surface area contributed by atoms with E-state index in [0.29, 0.717) is 11.7 Å². The number of hydrogen-bond donors (Lipinski definition) is 1. The number of rotatable bonds is 4. The summed E-state index contributed by atoms with van der Waals surface area (Å²) in [5, 5.41) is 4.57. The van der Waals surface area contributed by atoms with Gasteiger partial charge in [-0.25, -0.2) is 0 Å². The molecule has 0 radical (unpaired) electrons. The minimum absolute atomic E-state index is 0.279. The minimum Gasteiger partial charge on any atom is -0.454 e. The first-order valence-electron chi connectivity index (χ1n) is 7.27. The summed E-state index contributed by atoms with van der Waals surface area (Å²) in [5.74, 6) is 2.88. The second kappa shape index (κ2) is 5.31. The highest BCUT2D eigenvalue weighted by molar-refractivity contribution is 5.78. The maximum absolute atomic E-state index is 6.22. The highest BCUT2D eigenvalue weighted by atomic mass is 16.7. The van der Waals surface area contributed by atoms with Gasteiger partial charge >= 0.3 is 0 Å². The Kier molecular flexibility index (Phi) is 3.49. The van der Waals surface area contributed by atoms with Crippen LogP contribution >= 0.6 is 0 Å². The van der Waals surface area contributed by atoms with Gasteiger partial charge < -0.3 is 15.2 Å². The second-order valence-electron chi connectivity index (χ2n) is 5.83. The minimum atomic E-state index is 0.279. The Morgan fingerprint density at radius 2 is 2.05 bits per heavy atom. The Hall–Kier alpha value is -2.17. The number of nitrogens with two attached hydrogens (primary N) is 1. The van der Waals surface area contributed by atoms with E-state index in [1.165, 1.54) is 0 Å². The van der Waals surface area contributed by atoms with E-state index < -0.39 is 0 Å². The Bertz CT molecular complexity index is 662. The molecule has 0 bridgehead atoms. The molecule has 0 saturated carbocycles. The fourth-order valence-corrected chi connectivity index (χ4v) is 2.56. The number of fused-ring (bicyclic) bond motifs is 1. The zero-order valence-electron chi connectivity index (χ0n) is 12.7. The molecule has 0 unspecified atom stereocenters. The molecule has 1 aliphatic rings. The van der Waals surface area contributed by atoms with Crippen molar-refractivity contribution in [3.8, 4) is 22.6 Å². The Labute approximate surface area is 124 Å². The van der Waals surface area contributed by atoms with Crippen LogP contribution in [0, 0.1) is 5.92 Å². The summed E-state index contributed by atoms with van der Waals surface area (Å²) in [6.07, 6.45) is 2.01. The molecular weight excluding hydrogens is 266 g/mol. The molecule has 2 heterocycles.